The fourth-order valence-corrected chi connectivity index (χ4v) is 5.61. The summed E-state index contributed by atoms with van der Waals surface area (Å²) in [5.41, 5.74) is 0.367. The molecule has 1 amide bonds. The monoisotopic (exact) mass is 485 g/mol. The molecule has 0 aliphatic carbocycles. The average Bonchev–Trinajstić information content (AvgIpc) is 3.57. The Kier molecular flexibility index (Phi) is 5.28. The molecular formula is C23H16ClNO5S2. The van der Waals surface area contributed by atoms with Crippen LogP contribution in [0.1, 0.15) is 26.4 Å². The number of halogens is 1. The SMILES string of the molecule is COc1cc(Cl)cc2cc(C(=O)C3=C(O)C(=O)N(Cc4cccs4)C3c3cccs3)oc12. The van der Waals surface area contributed by atoms with E-state index in [0.29, 0.717) is 21.7 Å². The number of rotatable bonds is 6. The Morgan fingerprint density at radius 3 is 2.69 bits per heavy atom. The van der Waals surface area contributed by atoms with Crippen molar-refractivity contribution in [2.75, 3.05) is 7.11 Å². The Morgan fingerprint density at radius 2 is 2.00 bits per heavy atom. The maximum absolute atomic E-state index is 13.6. The van der Waals surface area contributed by atoms with Crippen LogP contribution in [0.15, 0.2) is 69.0 Å². The van der Waals surface area contributed by atoms with Gasteiger partial charge in [0.05, 0.1) is 19.2 Å². The Bertz CT molecular complexity index is 1350. The summed E-state index contributed by atoms with van der Waals surface area (Å²) < 4.78 is 11.1. The summed E-state index contributed by atoms with van der Waals surface area (Å²) >= 11 is 9.05. The maximum atomic E-state index is 13.6. The lowest BCUT2D eigenvalue weighted by Gasteiger charge is -2.24. The Hall–Kier alpha value is -3.07. The van der Waals surface area contributed by atoms with E-state index in [-0.39, 0.29) is 17.9 Å². The predicted octanol–water partition coefficient (Wildman–Crippen LogP) is 6.00. The highest BCUT2D eigenvalue weighted by atomic mass is 35.5. The molecule has 6 nitrogen and oxygen atoms in total. The van der Waals surface area contributed by atoms with E-state index in [2.05, 4.69) is 0 Å². The van der Waals surface area contributed by atoms with Gasteiger partial charge in [-0.2, -0.15) is 0 Å². The van der Waals surface area contributed by atoms with Crippen molar-refractivity contribution in [3.8, 4) is 5.75 Å². The molecule has 1 aliphatic heterocycles. The molecule has 4 heterocycles. The van der Waals surface area contributed by atoms with E-state index in [4.69, 9.17) is 20.8 Å². The van der Waals surface area contributed by atoms with Crippen molar-refractivity contribution in [2.45, 2.75) is 12.6 Å². The number of aliphatic hydroxyl groups excluding tert-OH is 1. The number of hydrogen-bond acceptors (Lipinski definition) is 7. The van der Waals surface area contributed by atoms with Crippen molar-refractivity contribution in [1.29, 1.82) is 0 Å². The lowest BCUT2D eigenvalue weighted by Crippen LogP contribution is -2.29. The smallest absolute Gasteiger partial charge is 0.290 e. The first kappa shape index (κ1) is 20.8. The highest BCUT2D eigenvalue weighted by molar-refractivity contribution is 7.10. The van der Waals surface area contributed by atoms with Crippen LogP contribution in [0, 0.1) is 0 Å². The third-order valence-corrected chi connectivity index (χ3v) is 7.26. The van der Waals surface area contributed by atoms with Gasteiger partial charge in [0.1, 0.15) is 6.04 Å². The summed E-state index contributed by atoms with van der Waals surface area (Å²) in [7, 11) is 1.48. The van der Waals surface area contributed by atoms with Gasteiger partial charge in [0.25, 0.3) is 5.91 Å². The van der Waals surface area contributed by atoms with Gasteiger partial charge < -0.3 is 19.2 Å². The number of benzene rings is 1. The second kappa shape index (κ2) is 8.12. The molecule has 0 saturated carbocycles. The predicted molar refractivity (Wildman–Crippen MR) is 124 cm³/mol. The number of thiophene rings is 2. The van der Waals surface area contributed by atoms with Crippen LogP contribution in [-0.4, -0.2) is 28.8 Å². The number of Topliss-reactive ketones (excluding diaryl/α,β-unsaturated/α-hetero) is 1. The van der Waals surface area contributed by atoms with Crippen LogP contribution in [0.25, 0.3) is 11.0 Å². The lowest BCUT2D eigenvalue weighted by atomic mass is 10.00. The first-order valence-electron chi connectivity index (χ1n) is 9.59. The number of carbonyl (C=O) groups excluding carboxylic acids is 2. The van der Waals surface area contributed by atoms with Crippen LogP contribution in [-0.2, 0) is 11.3 Å². The summed E-state index contributed by atoms with van der Waals surface area (Å²) in [6.07, 6.45) is 0. The van der Waals surface area contributed by atoms with Crippen molar-refractivity contribution < 1.29 is 23.8 Å². The Morgan fingerprint density at radius 1 is 1.22 bits per heavy atom. The van der Waals surface area contributed by atoms with Crippen LogP contribution in [0.4, 0.5) is 0 Å². The van der Waals surface area contributed by atoms with Gasteiger partial charge in [-0.25, -0.2) is 0 Å². The molecule has 0 bridgehead atoms. The second-order valence-corrected chi connectivity index (χ2v) is 9.61. The molecule has 1 unspecified atom stereocenters. The van der Waals surface area contributed by atoms with Gasteiger partial charge in [0.2, 0.25) is 5.78 Å². The third-order valence-electron chi connectivity index (χ3n) is 5.26. The maximum Gasteiger partial charge on any atom is 0.290 e. The highest BCUT2D eigenvalue weighted by Gasteiger charge is 2.45. The molecule has 1 aliphatic rings. The van der Waals surface area contributed by atoms with Gasteiger partial charge in [-0.1, -0.05) is 23.7 Å². The zero-order valence-electron chi connectivity index (χ0n) is 16.7. The molecule has 1 atom stereocenters. The average molecular weight is 486 g/mol. The fraction of sp³-hybridized carbons (Fsp3) is 0.130. The fourth-order valence-electron chi connectivity index (χ4n) is 3.84. The van der Waals surface area contributed by atoms with E-state index >= 15 is 0 Å². The van der Waals surface area contributed by atoms with E-state index in [1.54, 1.807) is 18.2 Å². The number of aliphatic hydroxyl groups is 1. The van der Waals surface area contributed by atoms with Gasteiger partial charge in [-0.15, -0.1) is 22.7 Å². The Balaban J connectivity index is 1.59. The number of amides is 1. The number of fused-ring (bicyclic) bond motifs is 1. The molecule has 0 fully saturated rings. The van der Waals surface area contributed by atoms with E-state index in [1.165, 1.54) is 34.7 Å². The molecule has 4 aromatic rings. The molecule has 5 rings (SSSR count). The van der Waals surface area contributed by atoms with Crippen LogP contribution in [0.2, 0.25) is 5.02 Å². The first-order valence-corrected chi connectivity index (χ1v) is 11.7. The molecule has 0 spiro atoms. The summed E-state index contributed by atoms with van der Waals surface area (Å²) in [6, 6.07) is 11.6. The van der Waals surface area contributed by atoms with Crippen molar-refractivity contribution in [2.24, 2.45) is 0 Å². The van der Waals surface area contributed by atoms with Crippen molar-refractivity contribution in [3.05, 3.63) is 85.1 Å². The van der Waals surface area contributed by atoms with E-state index in [0.717, 1.165) is 9.75 Å². The Labute approximate surface area is 195 Å². The number of methoxy groups -OCH3 is 1. The molecule has 3 aromatic heterocycles. The molecular weight excluding hydrogens is 470 g/mol. The molecule has 1 N–H and O–H groups in total. The van der Waals surface area contributed by atoms with E-state index in [9.17, 15) is 14.7 Å². The standard InChI is InChI=1S/C23H16ClNO5S2/c1-29-16-10-13(24)8-12-9-15(30-22(12)16)20(26)18-19(17-5-3-7-32-17)25(23(28)21(18)27)11-14-4-2-6-31-14/h2-10,19,27H,11H2,1H3. The lowest BCUT2D eigenvalue weighted by molar-refractivity contribution is -0.129. The summed E-state index contributed by atoms with van der Waals surface area (Å²) in [6.45, 7) is 0.281. The van der Waals surface area contributed by atoms with Gasteiger partial charge in [0.15, 0.2) is 22.9 Å². The number of carbonyl (C=O) groups is 2. The number of nitrogens with zero attached hydrogens (tertiary/aromatic N) is 1. The van der Waals surface area contributed by atoms with Crippen LogP contribution >= 0.6 is 34.3 Å². The number of ketones is 1. The zero-order chi connectivity index (χ0) is 22.4. The molecule has 1 aromatic carbocycles. The third kappa shape index (κ3) is 3.40. The number of furan rings is 1. The second-order valence-electron chi connectivity index (χ2n) is 7.16. The van der Waals surface area contributed by atoms with Crippen LogP contribution in [0.5, 0.6) is 5.75 Å². The summed E-state index contributed by atoms with van der Waals surface area (Å²) in [4.78, 5) is 29.8. The molecule has 9 heteroatoms. The quantitative estimate of drug-likeness (QED) is 0.339. The minimum absolute atomic E-state index is 0.00174. The van der Waals surface area contributed by atoms with E-state index in [1.807, 2.05) is 35.0 Å². The molecule has 0 radical (unpaired) electrons. The minimum Gasteiger partial charge on any atom is -0.503 e. The van der Waals surface area contributed by atoms with Gasteiger partial charge in [0, 0.05) is 26.2 Å². The van der Waals surface area contributed by atoms with Crippen molar-refractivity contribution in [3.63, 3.8) is 0 Å². The van der Waals surface area contributed by atoms with Gasteiger partial charge >= 0.3 is 0 Å². The number of ether oxygens (including phenoxy) is 1. The zero-order valence-corrected chi connectivity index (χ0v) is 19.1. The molecule has 0 saturated heterocycles. The summed E-state index contributed by atoms with van der Waals surface area (Å²) in [5.74, 6) is -1.32. The van der Waals surface area contributed by atoms with Crippen molar-refractivity contribution in [1.82, 2.24) is 4.90 Å². The van der Waals surface area contributed by atoms with Gasteiger partial charge in [-0.05, 0) is 35.0 Å². The number of hydrogen-bond donors (Lipinski definition) is 1. The van der Waals surface area contributed by atoms with Crippen LogP contribution < -0.4 is 4.74 Å². The molecule has 32 heavy (non-hydrogen) atoms. The minimum atomic E-state index is -0.712. The van der Waals surface area contributed by atoms with Crippen molar-refractivity contribution >= 4 is 56.9 Å². The first-order chi connectivity index (χ1) is 15.5. The normalized spacial score (nSPS) is 16.4. The topological polar surface area (TPSA) is 80.0 Å². The largest absolute Gasteiger partial charge is 0.503 e. The summed E-state index contributed by atoms with van der Waals surface area (Å²) in [5, 5.41) is 15.6. The molecule has 162 valence electrons. The highest BCUT2D eigenvalue weighted by Crippen LogP contribution is 2.43. The van der Waals surface area contributed by atoms with Crippen LogP contribution in [0.3, 0.4) is 0 Å². The van der Waals surface area contributed by atoms with Gasteiger partial charge in [-0.3, -0.25) is 9.59 Å². The van der Waals surface area contributed by atoms with E-state index < -0.39 is 23.5 Å².